The van der Waals surface area contributed by atoms with Crippen molar-refractivity contribution >= 4 is 5.69 Å². The van der Waals surface area contributed by atoms with Gasteiger partial charge in [0, 0.05) is 49.9 Å². The maximum atomic E-state index is 14.5. The Labute approximate surface area is 240 Å². The zero-order valence-electron chi connectivity index (χ0n) is 24.7. The van der Waals surface area contributed by atoms with Gasteiger partial charge in [-0.3, -0.25) is 4.90 Å². The molecule has 0 spiro atoms. The number of benzene rings is 3. The molecule has 0 atom stereocenters. The summed E-state index contributed by atoms with van der Waals surface area (Å²) in [5.74, 6) is -4.16. The van der Waals surface area contributed by atoms with Crippen LogP contribution in [0.15, 0.2) is 66.9 Å². The molecule has 2 nitrogen and oxygen atoms in total. The van der Waals surface area contributed by atoms with E-state index in [1.807, 2.05) is 46.8 Å². The third-order valence-electron chi connectivity index (χ3n) is 6.65. The number of nitrogens with zero attached hydrogens (tertiary/aromatic N) is 1. The SMILES string of the molecule is C=C(Cc1cccc(C(F)(F)F)c1F)Nc1c(C)ccc2c1CCN(Cc1ccc(C(C)(F)F)cc1)C2.CC.CC. The van der Waals surface area contributed by atoms with Crippen LogP contribution in [-0.2, 0) is 38.0 Å². The van der Waals surface area contributed by atoms with Crippen LogP contribution < -0.4 is 5.32 Å². The Balaban J connectivity index is 0.00000141. The van der Waals surface area contributed by atoms with Crippen molar-refractivity contribution in [3.63, 3.8) is 0 Å². The van der Waals surface area contributed by atoms with Crippen molar-refractivity contribution < 1.29 is 26.3 Å². The Morgan fingerprint density at radius 2 is 1.56 bits per heavy atom. The van der Waals surface area contributed by atoms with Crippen molar-refractivity contribution in [1.82, 2.24) is 4.90 Å². The van der Waals surface area contributed by atoms with E-state index in [-0.39, 0.29) is 17.5 Å². The Morgan fingerprint density at radius 3 is 2.15 bits per heavy atom. The van der Waals surface area contributed by atoms with E-state index in [0.29, 0.717) is 18.8 Å². The van der Waals surface area contributed by atoms with Gasteiger partial charge in [-0.25, -0.2) is 13.2 Å². The predicted octanol–water partition coefficient (Wildman–Crippen LogP) is 10.0. The van der Waals surface area contributed by atoms with Gasteiger partial charge in [-0.15, -0.1) is 0 Å². The molecule has 3 aromatic carbocycles. The Bertz CT molecular complexity index is 1290. The van der Waals surface area contributed by atoms with Crippen molar-refractivity contribution in [2.24, 2.45) is 0 Å². The maximum Gasteiger partial charge on any atom is 0.419 e. The number of nitrogens with one attached hydrogen (secondary N) is 1. The van der Waals surface area contributed by atoms with Crippen LogP contribution in [0.1, 0.15) is 73.6 Å². The van der Waals surface area contributed by atoms with Gasteiger partial charge in [0.05, 0.1) is 5.56 Å². The lowest BCUT2D eigenvalue weighted by Gasteiger charge is -2.31. The number of anilines is 1. The molecule has 0 bridgehead atoms. The molecule has 0 radical (unpaired) electrons. The molecule has 1 N–H and O–H groups in total. The van der Waals surface area contributed by atoms with Crippen LogP contribution in [0.4, 0.5) is 32.0 Å². The second-order valence-corrected chi connectivity index (χ2v) is 9.62. The summed E-state index contributed by atoms with van der Waals surface area (Å²) in [5.41, 5.74) is 3.92. The second kappa shape index (κ2) is 14.6. The summed E-state index contributed by atoms with van der Waals surface area (Å²) < 4.78 is 80.7. The molecule has 0 fully saturated rings. The van der Waals surface area contributed by atoms with Crippen molar-refractivity contribution in [2.45, 2.75) is 79.6 Å². The number of fused-ring (bicyclic) bond motifs is 1. The fourth-order valence-corrected chi connectivity index (χ4v) is 4.69. The van der Waals surface area contributed by atoms with Crippen LogP contribution in [0.5, 0.6) is 0 Å². The molecule has 224 valence electrons. The largest absolute Gasteiger partial charge is 0.419 e. The molecule has 0 saturated heterocycles. The Hall–Kier alpha value is -3.26. The van der Waals surface area contributed by atoms with Gasteiger partial charge in [-0.1, -0.05) is 82.8 Å². The minimum Gasteiger partial charge on any atom is -0.359 e. The molecule has 0 aromatic heterocycles. The molecular formula is C33H40F6N2. The van der Waals surface area contributed by atoms with Crippen molar-refractivity contribution in [2.75, 3.05) is 11.9 Å². The lowest BCUT2D eigenvalue weighted by Crippen LogP contribution is -2.30. The number of hydrogen-bond acceptors (Lipinski definition) is 2. The molecule has 0 saturated carbocycles. The summed E-state index contributed by atoms with van der Waals surface area (Å²) in [7, 11) is 0. The zero-order chi connectivity index (χ0) is 31.0. The minimum absolute atomic E-state index is 0.0170. The molecular weight excluding hydrogens is 538 g/mol. The van der Waals surface area contributed by atoms with Crippen LogP contribution in [0.2, 0.25) is 0 Å². The number of alkyl halides is 5. The first-order chi connectivity index (χ1) is 19.3. The number of hydrogen-bond donors (Lipinski definition) is 1. The van der Waals surface area contributed by atoms with Crippen LogP contribution >= 0.6 is 0 Å². The van der Waals surface area contributed by atoms with Crippen LogP contribution in [-0.4, -0.2) is 11.4 Å². The van der Waals surface area contributed by atoms with Gasteiger partial charge in [-0.05, 0) is 47.2 Å². The predicted molar refractivity (Wildman–Crippen MR) is 156 cm³/mol. The minimum atomic E-state index is -4.76. The molecule has 1 aliphatic heterocycles. The normalized spacial score (nSPS) is 13.3. The van der Waals surface area contributed by atoms with E-state index in [4.69, 9.17) is 0 Å². The molecule has 41 heavy (non-hydrogen) atoms. The summed E-state index contributed by atoms with van der Waals surface area (Å²) in [6.45, 7) is 16.8. The average Bonchev–Trinajstić information content (AvgIpc) is 2.93. The molecule has 0 aliphatic carbocycles. The second-order valence-electron chi connectivity index (χ2n) is 9.62. The molecule has 1 aliphatic rings. The first-order valence-electron chi connectivity index (χ1n) is 13.9. The van der Waals surface area contributed by atoms with Crippen molar-refractivity contribution in [3.8, 4) is 0 Å². The monoisotopic (exact) mass is 578 g/mol. The topological polar surface area (TPSA) is 15.3 Å². The third-order valence-corrected chi connectivity index (χ3v) is 6.65. The fourth-order valence-electron chi connectivity index (χ4n) is 4.69. The smallest absolute Gasteiger partial charge is 0.359 e. The van der Waals surface area contributed by atoms with Crippen LogP contribution in [0.3, 0.4) is 0 Å². The van der Waals surface area contributed by atoms with E-state index in [1.165, 1.54) is 24.3 Å². The first kappa shape index (κ1) is 33.9. The van der Waals surface area contributed by atoms with E-state index in [0.717, 1.165) is 53.9 Å². The lowest BCUT2D eigenvalue weighted by atomic mass is 9.94. The molecule has 0 unspecified atom stereocenters. The van der Waals surface area contributed by atoms with Crippen molar-refractivity contribution in [3.05, 3.63) is 112 Å². The standard InChI is InChI=1S/C29H28F6N2.2C2H6/c1-18-7-10-22-17-37(16-20-8-11-23(12-9-20)28(3,31)32)14-13-24(22)27(18)36-19(2)15-21-5-4-6-25(26(21)30)29(33,34)35;2*1-2/h4-12,36H,2,13-17H2,1,3H3;2*1-2H3. The fraction of sp³-hybridized carbons (Fsp3) is 0.394. The number of halogens is 6. The molecule has 3 aromatic rings. The van der Waals surface area contributed by atoms with Gasteiger partial charge in [0.1, 0.15) is 5.82 Å². The molecule has 0 amide bonds. The quantitative estimate of drug-likeness (QED) is 0.281. The van der Waals surface area contributed by atoms with Gasteiger partial charge >= 0.3 is 6.18 Å². The molecule has 4 rings (SSSR count). The average molecular weight is 579 g/mol. The highest BCUT2D eigenvalue weighted by atomic mass is 19.4. The number of allylic oxidation sites excluding steroid dienone is 1. The first-order valence-corrected chi connectivity index (χ1v) is 13.9. The van der Waals surface area contributed by atoms with Crippen LogP contribution in [0.25, 0.3) is 0 Å². The van der Waals surface area contributed by atoms with Gasteiger partial charge in [0.2, 0.25) is 0 Å². The highest BCUT2D eigenvalue weighted by molar-refractivity contribution is 5.63. The summed E-state index contributed by atoms with van der Waals surface area (Å²) in [6, 6.07) is 13.6. The van der Waals surface area contributed by atoms with Crippen molar-refractivity contribution in [1.29, 1.82) is 0 Å². The van der Waals surface area contributed by atoms with Gasteiger partial charge in [-0.2, -0.15) is 13.2 Å². The number of aryl methyl sites for hydroxylation is 1. The van der Waals surface area contributed by atoms with Crippen LogP contribution in [0, 0.1) is 12.7 Å². The summed E-state index contributed by atoms with van der Waals surface area (Å²) in [5, 5.41) is 3.23. The Morgan fingerprint density at radius 1 is 0.927 bits per heavy atom. The summed E-state index contributed by atoms with van der Waals surface area (Å²) in [4.78, 5) is 2.23. The Kier molecular flexibility index (Phi) is 12.1. The maximum absolute atomic E-state index is 14.5. The zero-order valence-corrected chi connectivity index (χ0v) is 24.7. The molecule has 8 heteroatoms. The van der Waals surface area contributed by atoms with Gasteiger partial charge in [0.15, 0.2) is 0 Å². The highest BCUT2D eigenvalue weighted by Gasteiger charge is 2.34. The lowest BCUT2D eigenvalue weighted by molar-refractivity contribution is -0.140. The van der Waals surface area contributed by atoms with E-state index < -0.39 is 23.5 Å². The van der Waals surface area contributed by atoms with E-state index in [2.05, 4.69) is 16.8 Å². The van der Waals surface area contributed by atoms with E-state index >= 15 is 0 Å². The summed E-state index contributed by atoms with van der Waals surface area (Å²) in [6.07, 6.45) is -4.13. The number of rotatable bonds is 7. The van der Waals surface area contributed by atoms with Gasteiger partial charge in [0.25, 0.3) is 5.92 Å². The summed E-state index contributed by atoms with van der Waals surface area (Å²) >= 11 is 0. The van der Waals surface area contributed by atoms with E-state index in [9.17, 15) is 26.3 Å². The third kappa shape index (κ3) is 8.86. The highest BCUT2D eigenvalue weighted by Crippen LogP contribution is 2.34. The van der Waals surface area contributed by atoms with Gasteiger partial charge < -0.3 is 5.32 Å². The van der Waals surface area contributed by atoms with E-state index in [1.54, 1.807) is 12.1 Å². The molecule has 1 heterocycles.